The second-order valence-corrected chi connectivity index (χ2v) is 3.37. The first kappa shape index (κ1) is 9.65. The Bertz CT molecular complexity index is 485. The van der Waals surface area contributed by atoms with E-state index < -0.39 is 0 Å². The first-order valence-corrected chi connectivity index (χ1v) is 4.62. The quantitative estimate of drug-likeness (QED) is 0.747. The summed E-state index contributed by atoms with van der Waals surface area (Å²) in [7, 11) is 0. The Morgan fingerprint density at radius 1 is 1.27 bits per heavy atom. The van der Waals surface area contributed by atoms with Crippen molar-refractivity contribution in [1.29, 1.82) is 0 Å². The van der Waals surface area contributed by atoms with E-state index in [9.17, 15) is 9.18 Å². The number of halogens is 1. The third-order valence-electron chi connectivity index (χ3n) is 2.24. The van der Waals surface area contributed by atoms with Gasteiger partial charge >= 0.3 is 0 Å². The first-order valence-electron chi connectivity index (χ1n) is 4.62. The van der Waals surface area contributed by atoms with Crippen LogP contribution >= 0.6 is 0 Å². The highest BCUT2D eigenvalue weighted by atomic mass is 19.1. The average Bonchev–Trinajstić information content (AvgIpc) is 2.68. The number of Topliss-reactive ketones (excluding diaryl/α,β-unsaturated/α-hetero) is 1. The minimum Gasteiger partial charge on any atom is -0.360 e. The summed E-state index contributed by atoms with van der Waals surface area (Å²) in [6.45, 7) is 1.51. The third-order valence-corrected chi connectivity index (χ3v) is 2.24. The largest absolute Gasteiger partial charge is 0.360 e. The summed E-state index contributed by atoms with van der Waals surface area (Å²) in [5.74, 6) is -0.253. The molecule has 0 aliphatic heterocycles. The maximum atomic E-state index is 12.7. The number of carbonyl (C=O) groups is 1. The van der Waals surface area contributed by atoms with Gasteiger partial charge in [-0.25, -0.2) is 4.39 Å². The van der Waals surface area contributed by atoms with E-state index in [1.807, 2.05) is 0 Å². The molecule has 0 saturated carbocycles. The number of ketones is 1. The number of benzene rings is 1. The van der Waals surface area contributed by atoms with Crippen molar-refractivity contribution in [3.63, 3.8) is 0 Å². The predicted molar refractivity (Wildman–Crippen MR) is 56.2 cm³/mol. The summed E-state index contributed by atoms with van der Waals surface area (Å²) < 4.78 is 12.7. The lowest BCUT2D eigenvalue weighted by atomic mass is 10.1. The van der Waals surface area contributed by atoms with Crippen LogP contribution in [-0.4, -0.2) is 10.8 Å². The molecule has 0 aliphatic carbocycles. The molecule has 76 valence electrons. The van der Waals surface area contributed by atoms with E-state index in [-0.39, 0.29) is 11.6 Å². The number of aromatic nitrogens is 1. The fourth-order valence-corrected chi connectivity index (χ4v) is 1.39. The number of rotatable bonds is 2. The monoisotopic (exact) mass is 203 g/mol. The van der Waals surface area contributed by atoms with Crippen molar-refractivity contribution >= 4 is 5.78 Å². The van der Waals surface area contributed by atoms with Gasteiger partial charge in [-0.3, -0.25) is 4.79 Å². The molecule has 0 amide bonds. The fraction of sp³-hybridized carbons (Fsp3) is 0.0833. The minimum absolute atomic E-state index is 0.0135. The Hall–Kier alpha value is -1.90. The Morgan fingerprint density at radius 2 is 1.93 bits per heavy atom. The highest BCUT2D eigenvalue weighted by molar-refractivity contribution is 5.95. The van der Waals surface area contributed by atoms with Gasteiger partial charge in [0.05, 0.1) is 0 Å². The summed E-state index contributed by atoms with van der Waals surface area (Å²) in [6, 6.07) is 7.89. The predicted octanol–water partition coefficient (Wildman–Crippen LogP) is 3.02. The molecule has 1 heterocycles. The van der Waals surface area contributed by atoms with E-state index in [4.69, 9.17) is 0 Å². The van der Waals surface area contributed by atoms with Gasteiger partial charge in [-0.05, 0) is 42.8 Å². The van der Waals surface area contributed by atoms with Crippen LogP contribution in [0.25, 0.3) is 11.3 Å². The van der Waals surface area contributed by atoms with Gasteiger partial charge in [-0.2, -0.15) is 0 Å². The van der Waals surface area contributed by atoms with Gasteiger partial charge in [0.1, 0.15) is 5.82 Å². The van der Waals surface area contributed by atoms with E-state index in [2.05, 4.69) is 4.98 Å². The smallest absolute Gasteiger partial charge is 0.161 e. The molecule has 2 aromatic rings. The van der Waals surface area contributed by atoms with Crippen molar-refractivity contribution in [2.45, 2.75) is 6.92 Å². The van der Waals surface area contributed by atoms with Crippen LogP contribution in [0.3, 0.4) is 0 Å². The zero-order valence-electron chi connectivity index (χ0n) is 8.25. The molecule has 0 unspecified atom stereocenters. The van der Waals surface area contributed by atoms with Crippen molar-refractivity contribution in [1.82, 2.24) is 4.98 Å². The summed E-state index contributed by atoms with van der Waals surface area (Å²) in [6.07, 6.45) is 1.65. The zero-order chi connectivity index (χ0) is 10.8. The second-order valence-electron chi connectivity index (χ2n) is 3.37. The van der Waals surface area contributed by atoms with Gasteiger partial charge in [0.25, 0.3) is 0 Å². The molecule has 0 atom stereocenters. The molecular weight excluding hydrogens is 193 g/mol. The molecule has 2 nitrogen and oxygen atoms in total. The van der Waals surface area contributed by atoms with E-state index in [0.29, 0.717) is 5.56 Å². The van der Waals surface area contributed by atoms with Crippen LogP contribution in [0.2, 0.25) is 0 Å². The van der Waals surface area contributed by atoms with Crippen LogP contribution in [0.1, 0.15) is 17.3 Å². The summed E-state index contributed by atoms with van der Waals surface area (Å²) in [4.78, 5) is 14.0. The average molecular weight is 203 g/mol. The molecule has 0 saturated heterocycles. The molecule has 0 fully saturated rings. The van der Waals surface area contributed by atoms with Crippen LogP contribution in [0.15, 0.2) is 36.5 Å². The molecule has 2 rings (SSSR count). The van der Waals surface area contributed by atoms with E-state index in [1.165, 1.54) is 19.1 Å². The third kappa shape index (κ3) is 1.96. The molecule has 0 aliphatic rings. The molecule has 3 heteroatoms. The molecule has 1 N–H and O–H groups in total. The highest BCUT2D eigenvalue weighted by Gasteiger charge is 2.04. The van der Waals surface area contributed by atoms with Crippen LogP contribution < -0.4 is 0 Å². The lowest BCUT2D eigenvalue weighted by Gasteiger charge is -1.96. The maximum Gasteiger partial charge on any atom is 0.161 e. The zero-order valence-corrected chi connectivity index (χ0v) is 8.25. The van der Waals surface area contributed by atoms with E-state index in [0.717, 1.165) is 11.3 Å². The Kier molecular flexibility index (Phi) is 2.37. The molecule has 0 radical (unpaired) electrons. The standard InChI is InChI=1S/C12H10FNO/c1-8(15)10-6-12(14-7-10)9-2-4-11(13)5-3-9/h2-7,14H,1H3. The summed E-state index contributed by atoms with van der Waals surface area (Å²) in [5, 5.41) is 0. The number of aromatic amines is 1. The Balaban J connectivity index is 2.37. The second kappa shape index (κ2) is 3.69. The highest BCUT2D eigenvalue weighted by Crippen LogP contribution is 2.19. The van der Waals surface area contributed by atoms with Crippen LogP contribution in [-0.2, 0) is 0 Å². The van der Waals surface area contributed by atoms with E-state index >= 15 is 0 Å². The van der Waals surface area contributed by atoms with Gasteiger partial charge in [0.2, 0.25) is 0 Å². The first-order chi connectivity index (χ1) is 7.16. The van der Waals surface area contributed by atoms with Gasteiger partial charge in [0.15, 0.2) is 5.78 Å². The number of carbonyl (C=O) groups excluding carboxylic acids is 1. The Morgan fingerprint density at radius 3 is 2.47 bits per heavy atom. The van der Waals surface area contributed by atoms with Gasteiger partial charge < -0.3 is 4.98 Å². The maximum absolute atomic E-state index is 12.7. The topological polar surface area (TPSA) is 32.9 Å². The van der Waals surface area contributed by atoms with Gasteiger partial charge in [0, 0.05) is 17.5 Å². The van der Waals surface area contributed by atoms with Crippen LogP contribution in [0.4, 0.5) is 4.39 Å². The van der Waals surface area contributed by atoms with Crippen molar-refractivity contribution in [3.8, 4) is 11.3 Å². The molecule has 1 aromatic heterocycles. The van der Waals surface area contributed by atoms with Crippen molar-refractivity contribution < 1.29 is 9.18 Å². The van der Waals surface area contributed by atoms with Gasteiger partial charge in [-0.1, -0.05) is 0 Å². The normalized spacial score (nSPS) is 10.3. The van der Waals surface area contributed by atoms with E-state index in [1.54, 1.807) is 24.4 Å². The molecule has 15 heavy (non-hydrogen) atoms. The SMILES string of the molecule is CC(=O)c1c[nH]c(-c2ccc(F)cc2)c1. The summed E-state index contributed by atoms with van der Waals surface area (Å²) in [5.41, 5.74) is 2.32. The molecule has 1 aromatic carbocycles. The molecule has 0 bridgehead atoms. The van der Waals surface area contributed by atoms with Crippen molar-refractivity contribution in [2.24, 2.45) is 0 Å². The number of hydrogen-bond donors (Lipinski definition) is 1. The Labute approximate surface area is 86.8 Å². The lowest BCUT2D eigenvalue weighted by molar-refractivity contribution is 0.101. The van der Waals surface area contributed by atoms with Crippen LogP contribution in [0, 0.1) is 5.82 Å². The number of nitrogens with one attached hydrogen (secondary N) is 1. The number of hydrogen-bond acceptors (Lipinski definition) is 1. The summed E-state index contributed by atoms with van der Waals surface area (Å²) >= 11 is 0. The van der Waals surface area contributed by atoms with Crippen LogP contribution in [0.5, 0.6) is 0 Å². The van der Waals surface area contributed by atoms with Crippen molar-refractivity contribution in [2.75, 3.05) is 0 Å². The molecular formula is C12H10FNO. The minimum atomic E-state index is -0.267. The number of H-pyrrole nitrogens is 1. The lowest BCUT2D eigenvalue weighted by Crippen LogP contribution is -1.86. The van der Waals surface area contributed by atoms with Gasteiger partial charge in [-0.15, -0.1) is 0 Å². The molecule has 0 spiro atoms. The van der Waals surface area contributed by atoms with Crippen molar-refractivity contribution in [3.05, 3.63) is 47.9 Å². The fourth-order valence-electron chi connectivity index (χ4n) is 1.39.